The van der Waals surface area contributed by atoms with Gasteiger partial charge in [0.25, 0.3) is 5.91 Å². The van der Waals surface area contributed by atoms with E-state index in [0.29, 0.717) is 29.5 Å². The third-order valence-corrected chi connectivity index (χ3v) is 4.40. The summed E-state index contributed by atoms with van der Waals surface area (Å²) in [5, 5.41) is 7.73. The molecule has 1 aromatic heterocycles. The molecule has 0 bridgehead atoms. The number of benzene rings is 2. The van der Waals surface area contributed by atoms with E-state index in [1.165, 1.54) is 0 Å². The molecule has 1 amide bonds. The Morgan fingerprint density at radius 1 is 1.23 bits per heavy atom. The van der Waals surface area contributed by atoms with Crippen LogP contribution in [0, 0.1) is 6.92 Å². The van der Waals surface area contributed by atoms with Crippen molar-refractivity contribution in [3.8, 4) is 5.75 Å². The topological polar surface area (TPSA) is 56.1 Å². The SMILES string of the molecule is Cc1c(CNC(=O)c2cccc(COc3cccc(Cl)c3)c2)cnn1C. The van der Waals surface area contributed by atoms with Gasteiger partial charge >= 0.3 is 0 Å². The minimum absolute atomic E-state index is 0.127. The Bertz CT molecular complexity index is 921. The Hall–Kier alpha value is -2.79. The van der Waals surface area contributed by atoms with E-state index in [2.05, 4.69) is 10.4 Å². The zero-order valence-corrected chi connectivity index (χ0v) is 15.5. The minimum atomic E-state index is -0.127. The highest BCUT2D eigenvalue weighted by molar-refractivity contribution is 6.30. The van der Waals surface area contributed by atoms with Crippen LogP contribution in [0.5, 0.6) is 5.75 Å². The van der Waals surface area contributed by atoms with Gasteiger partial charge in [-0.15, -0.1) is 0 Å². The van der Waals surface area contributed by atoms with Gasteiger partial charge in [0, 0.05) is 35.4 Å². The normalized spacial score (nSPS) is 10.6. The van der Waals surface area contributed by atoms with E-state index in [1.54, 1.807) is 29.1 Å². The number of rotatable bonds is 6. The fourth-order valence-electron chi connectivity index (χ4n) is 2.52. The highest BCUT2D eigenvalue weighted by Gasteiger charge is 2.09. The van der Waals surface area contributed by atoms with Crippen molar-refractivity contribution in [1.29, 1.82) is 0 Å². The van der Waals surface area contributed by atoms with Crippen LogP contribution < -0.4 is 10.1 Å². The van der Waals surface area contributed by atoms with E-state index < -0.39 is 0 Å². The first-order valence-electron chi connectivity index (χ1n) is 8.26. The predicted molar refractivity (Wildman–Crippen MR) is 101 cm³/mol. The quantitative estimate of drug-likeness (QED) is 0.717. The van der Waals surface area contributed by atoms with Crippen LogP contribution in [0.1, 0.15) is 27.2 Å². The van der Waals surface area contributed by atoms with Crippen molar-refractivity contribution in [2.75, 3.05) is 0 Å². The van der Waals surface area contributed by atoms with E-state index in [4.69, 9.17) is 16.3 Å². The zero-order valence-electron chi connectivity index (χ0n) is 14.7. The molecule has 0 aliphatic rings. The van der Waals surface area contributed by atoms with Crippen molar-refractivity contribution < 1.29 is 9.53 Å². The Labute approximate surface area is 157 Å². The zero-order chi connectivity index (χ0) is 18.5. The van der Waals surface area contributed by atoms with E-state index >= 15 is 0 Å². The van der Waals surface area contributed by atoms with Gasteiger partial charge in [0.05, 0.1) is 6.20 Å². The molecular formula is C20H20ClN3O2. The molecule has 1 heterocycles. The molecule has 3 rings (SSSR count). The van der Waals surface area contributed by atoms with Crippen LogP contribution in [0.3, 0.4) is 0 Å². The van der Waals surface area contributed by atoms with Crippen LogP contribution in [0.2, 0.25) is 5.02 Å². The molecule has 0 saturated carbocycles. The molecule has 3 aromatic rings. The lowest BCUT2D eigenvalue weighted by Crippen LogP contribution is -2.23. The summed E-state index contributed by atoms with van der Waals surface area (Å²) in [5.74, 6) is 0.567. The van der Waals surface area contributed by atoms with Crippen LogP contribution >= 0.6 is 11.6 Å². The number of aryl methyl sites for hydroxylation is 1. The summed E-state index contributed by atoms with van der Waals surface area (Å²) in [6.45, 7) is 2.78. The average molecular weight is 370 g/mol. The molecule has 134 valence electrons. The molecule has 0 fully saturated rings. The third-order valence-electron chi connectivity index (χ3n) is 4.17. The van der Waals surface area contributed by atoms with Gasteiger partial charge in [-0.25, -0.2) is 0 Å². The molecule has 0 aliphatic heterocycles. The molecule has 5 nitrogen and oxygen atoms in total. The molecule has 0 saturated heterocycles. The number of amides is 1. The van der Waals surface area contributed by atoms with Gasteiger partial charge in [-0.1, -0.05) is 29.8 Å². The summed E-state index contributed by atoms with van der Waals surface area (Å²) in [5.41, 5.74) is 3.55. The molecule has 0 aliphatic carbocycles. The fourth-order valence-corrected chi connectivity index (χ4v) is 2.70. The molecule has 0 atom stereocenters. The Balaban J connectivity index is 1.61. The number of halogens is 1. The summed E-state index contributed by atoms with van der Waals surface area (Å²) in [4.78, 5) is 12.4. The standard InChI is InChI=1S/C20H20ClN3O2/c1-14-17(12-23-24(14)2)11-22-20(25)16-6-3-5-15(9-16)13-26-19-8-4-7-18(21)10-19/h3-10,12H,11,13H2,1-2H3,(H,22,25). The van der Waals surface area contributed by atoms with Crippen LogP contribution in [0.15, 0.2) is 54.7 Å². The smallest absolute Gasteiger partial charge is 0.251 e. The van der Waals surface area contributed by atoms with Crippen molar-refractivity contribution in [2.24, 2.45) is 7.05 Å². The number of hydrogen-bond donors (Lipinski definition) is 1. The highest BCUT2D eigenvalue weighted by Crippen LogP contribution is 2.18. The minimum Gasteiger partial charge on any atom is -0.489 e. The van der Waals surface area contributed by atoms with E-state index in [-0.39, 0.29) is 5.91 Å². The second-order valence-electron chi connectivity index (χ2n) is 6.01. The van der Waals surface area contributed by atoms with Gasteiger partial charge in [0.15, 0.2) is 0 Å². The van der Waals surface area contributed by atoms with Gasteiger partial charge in [-0.3, -0.25) is 9.48 Å². The molecule has 0 unspecified atom stereocenters. The highest BCUT2D eigenvalue weighted by atomic mass is 35.5. The number of ether oxygens (including phenoxy) is 1. The molecular weight excluding hydrogens is 350 g/mol. The van der Waals surface area contributed by atoms with Crippen LogP contribution in [-0.4, -0.2) is 15.7 Å². The summed E-state index contributed by atoms with van der Waals surface area (Å²) < 4.78 is 7.52. The maximum atomic E-state index is 12.4. The molecule has 6 heteroatoms. The molecule has 0 spiro atoms. The first-order chi connectivity index (χ1) is 12.5. The van der Waals surface area contributed by atoms with Crippen molar-refractivity contribution in [3.05, 3.63) is 82.1 Å². The molecule has 0 radical (unpaired) electrons. The van der Waals surface area contributed by atoms with Gasteiger partial charge in [-0.05, 0) is 42.8 Å². The maximum absolute atomic E-state index is 12.4. The molecule has 2 aromatic carbocycles. The Kier molecular flexibility index (Phi) is 5.58. The summed E-state index contributed by atoms with van der Waals surface area (Å²) in [6.07, 6.45) is 1.77. The van der Waals surface area contributed by atoms with E-state index in [0.717, 1.165) is 16.8 Å². The number of nitrogens with zero attached hydrogens (tertiary/aromatic N) is 2. The van der Waals surface area contributed by atoms with Gasteiger partial charge in [0.2, 0.25) is 0 Å². The van der Waals surface area contributed by atoms with Crippen molar-refractivity contribution in [3.63, 3.8) is 0 Å². The lowest BCUT2D eigenvalue weighted by Gasteiger charge is -2.09. The Morgan fingerprint density at radius 2 is 2.04 bits per heavy atom. The molecule has 26 heavy (non-hydrogen) atoms. The summed E-state index contributed by atoms with van der Waals surface area (Å²) in [7, 11) is 1.88. The monoisotopic (exact) mass is 369 g/mol. The third kappa shape index (κ3) is 4.43. The average Bonchev–Trinajstić information content (AvgIpc) is 2.97. The van der Waals surface area contributed by atoms with Gasteiger partial charge < -0.3 is 10.1 Å². The number of nitrogens with one attached hydrogen (secondary N) is 1. The Morgan fingerprint density at radius 3 is 2.77 bits per heavy atom. The fraction of sp³-hybridized carbons (Fsp3) is 0.200. The lowest BCUT2D eigenvalue weighted by atomic mass is 10.1. The van der Waals surface area contributed by atoms with Crippen LogP contribution in [0.25, 0.3) is 0 Å². The second kappa shape index (κ2) is 8.06. The van der Waals surface area contributed by atoms with Gasteiger partial charge in [-0.2, -0.15) is 5.10 Å². The first kappa shape index (κ1) is 18.0. The van der Waals surface area contributed by atoms with Crippen LogP contribution in [0.4, 0.5) is 0 Å². The van der Waals surface area contributed by atoms with E-state index in [9.17, 15) is 4.79 Å². The number of carbonyl (C=O) groups excluding carboxylic acids is 1. The molecule has 1 N–H and O–H groups in total. The summed E-state index contributed by atoms with van der Waals surface area (Å²) >= 11 is 5.95. The van der Waals surface area contributed by atoms with Crippen molar-refractivity contribution in [2.45, 2.75) is 20.1 Å². The van der Waals surface area contributed by atoms with Crippen LogP contribution in [-0.2, 0) is 20.2 Å². The second-order valence-corrected chi connectivity index (χ2v) is 6.44. The predicted octanol–water partition coefficient (Wildman–Crippen LogP) is 3.89. The lowest BCUT2D eigenvalue weighted by molar-refractivity contribution is 0.0950. The largest absolute Gasteiger partial charge is 0.489 e. The summed E-state index contributed by atoms with van der Waals surface area (Å²) in [6, 6.07) is 14.6. The number of hydrogen-bond acceptors (Lipinski definition) is 3. The van der Waals surface area contributed by atoms with Crippen molar-refractivity contribution >= 4 is 17.5 Å². The number of aromatic nitrogens is 2. The van der Waals surface area contributed by atoms with E-state index in [1.807, 2.05) is 44.3 Å². The van der Waals surface area contributed by atoms with Crippen molar-refractivity contribution in [1.82, 2.24) is 15.1 Å². The number of carbonyl (C=O) groups is 1. The maximum Gasteiger partial charge on any atom is 0.251 e. The first-order valence-corrected chi connectivity index (χ1v) is 8.63. The van der Waals surface area contributed by atoms with Gasteiger partial charge in [0.1, 0.15) is 12.4 Å².